The first kappa shape index (κ1) is 29.7. The van der Waals surface area contributed by atoms with Crippen LogP contribution in [0.2, 0.25) is 0 Å². The van der Waals surface area contributed by atoms with Crippen molar-refractivity contribution in [2.24, 2.45) is 10.7 Å². The zero-order valence-corrected chi connectivity index (χ0v) is 22.9. The van der Waals surface area contributed by atoms with Crippen LogP contribution in [0, 0.1) is 0 Å². The highest BCUT2D eigenvalue weighted by molar-refractivity contribution is 6.31. The number of hydrogen-bond donors (Lipinski definition) is 8. The molecule has 5 rings (SSSR count). The summed E-state index contributed by atoms with van der Waals surface area (Å²) in [7, 11) is 2.78. The van der Waals surface area contributed by atoms with Crippen LogP contribution in [0.15, 0.2) is 17.1 Å². The number of aliphatic hydroxyl groups excluding tert-OH is 5. The van der Waals surface area contributed by atoms with Crippen molar-refractivity contribution in [3.63, 3.8) is 0 Å². The van der Waals surface area contributed by atoms with E-state index in [1.54, 1.807) is 6.07 Å². The highest BCUT2D eigenvalue weighted by atomic mass is 16.7. The van der Waals surface area contributed by atoms with Gasteiger partial charge in [0.1, 0.15) is 41.7 Å². The molecule has 1 saturated heterocycles. The Balaban J connectivity index is 1.67. The summed E-state index contributed by atoms with van der Waals surface area (Å²) in [6, 6.07) is 2.28. The molecule has 3 aliphatic rings. The molecule has 0 radical (unpaired) electrons. The zero-order valence-electron chi connectivity index (χ0n) is 22.9. The number of nitrogens with one attached hydrogen (secondary N) is 1. The van der Waals surface area contributed by atoms with E-state index in [0.29, 0.717) is 30.4 Å². The summed E-state index contributed by atoms with van der Waals surface area (Å²) < 4.78 is 16.6. The SMILES string of the molecule is CN=C(N)NC1CCCc2cc3c(c(O)c21)C(=O)c1c(OC2OC(CO)C(O)C(O)C2O)cc(OC)c(CO)c1C3=O. The molecule has 0 aromatic heterocycles. The molecule has 6 unspecified atom stereocenters. The van der Waals surface area contributed by atoms with Crippen LogP contribution in [-0.4, -0.2) is 99.6 Å². The maximum absolute atomic E-state index is 14.2. The van der Waals surface area contributed by atoms with Gasteiger partial charge in [0.2, 0.25) is 12.1 Å². The molecule has 0 amide bonds. The molecule has 0 spiro atoms. The van der Waals surface area contributed by atoms with E-state index in [4.69, 9.17) is 19.9 Å². The van der Waals surface area contributed by atoms with Crippen LogP contribution in [-0.2, 0) is 17.8 Å². The number of fused-ring (bicyclic) bond motifs is 3. The average molecular weight is 588 g/mol. The highest BCUT2D eigenvalue weighted by Gasteiger charge is 2.46. The molecule has 2 aliphatic carbocycles. The summed E-state index contributed by atoms with van der Waals surface area (Å²) in [4.78, 5) is 32.1. The number of nitrogens with two attached hydrogens (primary N) is 1. The molecule has 1 heterocycles. The lowest BCUT2D eigenvalue weighted by Gasteiger charge is -2.40. The second kappa shape index (κ2) is 11.5. The van der Waals surface area contributed by atoms with E-state index in [2.05, 4.69) is 10.3 Å². The molecule has 6 atom stereocenters. The molecule has 0 saturated carbocycles. The number of aliphatic hydroxyl groups is 5. The van der Waals surface area contributed by atoms with E-state index in [-0.39, 0.29) is 45.3 Å². The van der Waals surface area contributed by atoms with E-state index in [9.17, 15) is 40.2 Å². The van der Waals surface area contributed by atoms with E-state index in [1.807, 2.05) is 0 Å². The lowest BCUT2D eigenvalue weighted by atomic mass is 9.76. The predicted octanol–water partition coefficient (Wildman–Crippen LogP) is -1.24. The Hall–Kier alpha value is -3.79. The number of ketones is 2. The number of ether oxygens (including phenoxy) is 3. The van der Waals surface area contributed by atoms with Crippen LogP contribution in [0.1, 0.15) is 67.4 Å². The number of aromatic hydroxyl groups is 1. The van der Waals surface area contributed by atoms with E-state index in [0.717, 1.165) is 0 Å². The lowest BCUT2D eigenvalue weighted by Crippen LogP contribution is -2.60. The van der Waals surface area contributed by atoms with Gasteiger partial charge in [-0.15, -0.1) is 0 Å². The molecule has 1 fully saturated rings. The molecular formula is C28H33N3O11. The zero-order chi connectivity index (χ0) is 30.5. The van der Waals surface area contributed by atoms with Gasteiger partial charge in [0.15, 0.2) is 11.7 Å². The summed E-state index contributed by atoms with van der Waals surface area (Å²) in [6.07, 6.45) is -6.43. The summed E-state index contributed by atoms with van der Waals surface area (Å²) in [5.74, 6) is -2.09. The number of aryl methyl sites for hydroxylation is 1. The van der Waals surface area contributed by atoms with Gasteiger partial charge in [-0.05, 0) is 30.9 Å². The number of nitrogens with zero attached hydrogens (tertiary/aromatic N) is 1. The molecular weight excluding hydrogens is 554 g/mol. The predicted molar refractivity (Wildman–Crippen MR) is 145 cm³/mol. The Labute approximate surface area is 240 Å². The molecule has 2 aromatic rings. The minimum Gasteiger partial charge on any atom is -0.507 e. The smallest absolute Gasteiger partial charge is 0.229 e. The average Bonchev–Trinajstić information content (AvgIpc) is 2.99. The number of hydrogen-bond acceptors (Lipinski definition) is 12. The van der Waals surface area contributed by atoms with Crippen molar-refractivity contribution in [1.82, 2.24) is 5.32 Å². The second-order valence-corrected chi connectivity index (χ2v) is 10.4. The molecule has 42 heavy (non-hydrogen) atoms. The topological polar surface area (TPSA) is 234 Å². The van der Waals surface area contributed by atoms with Crippen molar-refractivity contribution in [3.8, 4) is 17.2 Å². The number of benzene rings is 2. The van der Waals surface area contributed by atoms with Gasteiger partial charge in [0.25, 0.3) is 0 Å². The van der Waals surface area contributed by atoms with Crippen LogP contribution in [0.4, 0.5) is 0 Å². The number of methoxy groups -OCH3 is 1. The van der Waals surface area contributed by atoms with Gasteiger partial charge in [-0.1, -0.05) is 0 Å². The van der Waals surface area contributed by atoms with Gasteiger partial charge >= 0.3 is 0 Å². The monoisotopic (exact) mass is 587 g/mol. The Bertz CT molecular complexity index is 1460. The molecule has 2 aromatic carbocycles. The first-order chi connectivity index (χ1) is 20.1. The van der Waals surface area contributed by atoms with Gasteiger partial charge in [-0.2, -0.15) is 0 Å². The first-order valence-corrected chi connectivity index (χ1v) is 13.4. The minimum atomic E-state index is -1.82. The fourth-order valence-electron chi connectivity index (χ4n) is 5.90. The third-order valence-electron chi connectivity index (χ3n) is 8.03. The Morgan fingerprint density at radius 2 is 1.81 bits per heavy atom. The fraction of sp³-hybridized carbons (Fsp3) is 0.464. The van der Waals surface area contributed by atoms with Crippen molar-refractivity contribution in [2.45, 2.75) is 62.6 Å². The van der Waals surface area contributed by atoms with Crippen LogP contribution < -0.4 is 20.5 Å². The number of aliphatic imine (C=N–C) groups is 1. The van der Waals surface area contributed by atoms with Crippen LogP contribution in [0.25, 0.3) is 0 Å². The van der Waals surface area contributed by atoms with E-state index in [1.165, 1.54) is 20.2 Å². The lowest BCUT2D eigenvalue weighted by molar-refractivity contribution is -0.277. The number of phenols is 1. The van der Waals surface area contributed by atoms with Crippen LogP contribution >= 0.6 is 0 Å². The quantitative estimate of drug-likeness (QED) is 0.125. The first-order valence-electron chi connectivity index (χ1n) is 13.4. The molecule has 0 bridgehead atoms. The van der Waals surface area contributed by atoms with Gasteiger partial charge < -0.3 is 55.9 Å². The number of phenolic OH excluding ortho intramolecular Hbond substituents is 1. The second-order valence-electron chi connectivity index (χ2n) is 10.4. The fourth-order valence-corrected chi connectivity index (χ4v) is 5.90. The summed E-state index contributed by atoms with van der Waals surface area (Å²) in [5, 5.41) is 65.2. The molecule has 226 valence electrons. The van der Waals surface area contributed by atoms with Gasteiger partial charge in [0, 0.05) is 35.4 Å². The van der Waals surface area contributed by atoms with Crippen LogP contribution in [0.5, 0.6) is 17.2 Å². The molecule has 1 aliphatic heterocycles. The summed E-state index contributed by atoms with van der Waals surface area (Å²) in [5.41, 5.74) is 6.04. The van der Waals surface area contributed by atoms with Gasteiger partial charge in [0.05, 0.1) is 37.5 Å². The van der Waals surface area contributed by atoms with Crippen molar-refractivity contribution in [3.05, 3.63) is 51.1 Å². The van der Waals surface area contributed by atoms with Crippen molar-refractivity contribution in [1.29, 1.82) is 0 Å². The van der Waals surface area contributed by atoms with E-state index >= 15 is 0 Å². The largest absolute Gasteiger partial charge is 0.507 e. The Kier molecular flexibility index (Phi) is 8.11. The van der Waals surface area contributed by atoms with Crippen molar-refractivity contribution < 1.29 is 54.4 Å². The Morgan fingerprint density at radius 3 is 2.45 bits per heavy atom. The van der Waals surface area contributed by atoms with Gasteiger partial charge in [-0.3, -0.25) is 14.6 Å². The van der Waals surface area contributed by atoms with E-state index < -0.39 is 67.3 Å². The van der Waals surface area contributed by atoms with Crippen LogP contribution in [0.3, 0.4) is 0 Å². The van der Waals surface area contributed by atoms with Crippen molar-refractivity contribution in [2.75, 3.05) is 20.8 Å². The maximum Gasteiger partial charge on any atom is 0.229 e. The van der Waals surface area contributed by atoms with Crippen molar-refractivity contribution >= 4 is 17.5 Å². The third-order valence-corrected chi connectivity index (χ3v) is 8.03. The summed E-state index contributed by atoms with van der Waals surface area (Å²) >= 11 is 0. The normalized spacial score (nSPS) is 27.2. The molecule has 14 heteroatoms. The number of guanidine groups is 1. The number of rotatable bonds is 6. The number of carbonyl (C=O) groups excluding carboxylic acids is 2. The molecule has 9 N–H and O–H groups in total. The Morgan fingerprint density at radius 1 is 1.07 bits per heavy atom. The highest BCUT2D eigenvalue weighted by Crippen LogP contribution is 2.47. The maximum atomic E-state index is 14.2. The van der Waals surface area contributed by atoms with Gasteiger partial charge in [-0.25, -0.2) is 0 Å². The summed E-state index contributed by atoms with van der Waals surface area (Å²) in [6.45, 7) is -1.40. The minimum absolute atomic E-state index is 0.00124. The number of carbonyl (C=O) groups is 2. The molecule has 14 nitrogen and oxygen atoms in total. The third kappa shape index (κ3) is 4.65. The standard InChI is InChI=1S/C28H33N3O11/c1-30-28(29)31-13-5-3-4-10-6-11-19(23(36)17(10)13)24(37)20-15(7-14(40-2)12(8-32)18(20)21(11)34)41-27-26(39)25(38)22(35)16(9-33)42-27/h6-7,13,16,22,25-27,32-33,35-36,38-39H,3-5,8-9H2,1-2H3,(H3,29,30,31).